The number of nitrogens with one attached hydrogen (secondary N) is 1. The van der Waals surface area contributed by atoms with Crippen molar-refractivity contribution in [2.45, 2.75) is 32.3 Å². The molecule has 1 saturated heterocycles. The maximum atomic E-state index is 14.9. The highest BCUT2D eigenvalue weighted by Crippen LogP contribution is 2.36. The zero-order valence-corrected chi connectivity index (χ0v) is 20.3. The zero-order valence-electron chi connectivity index (χ0n) is 19.5. The molecule has 14 heteroatoms. The van der Waals surface area contributed by atoms with Crippen LogP contribution in [0, 0.1) is 0 Å². The van der Waals surface area contributed by atoms with Crippen molar-refractivity contribution in [3.8, 4) is 11.5 Å². The third-order valence-electron chi connectivity index (χ3n) is 4.82. The van der Waals surface area contributed by atoms with Gasteiger partial charge < -0.3 is 19.1 Å². The summed E-state index contributed by atoms with van der Waals surface area (Å²) < 4.78 is 72.7. The summed E-state index contributed by atoms with van der Waals surface area (Å²) >= 11 is 0. The Morgan fingerprint density at radius 3 is 2.35 bits per heavy atom. The third-order valence-corrected chi connectivity index (χ3v) is 6.24. The fraction of sp³-hybridized carbons (Fsp3) is 0.550. The molecule has 1 amide bonds. The zero-order chi connectivity index (χ0) is 25.3. The van der Waals surface area contributed by atoms with Crippen LogP contribution in [0.1, 0.15) is 20.8 Å². The highest BCUT2D eigenvalue weighted by molar-refractivity contribution is 7.87. The lowest BCUT2D eigenvalue weighted by atomic mass is 10.2. The Labute approximate surface area is 196 Å². The molecule has 1 aromatic heterocycles. The summed E-state index contributed by atoms with van der Waals surface area (Å²) in [5, 5.41) is 0.430. The van der Waals surface area contributed by atoms with Crippen molar-refractivity contribution in [2.75, 3.05) is 45.3 Å². The average molecular weight is 504 g/mol. The number of carbonyl (C=O) groups excluding carboxylic acids is 1. The summed E-state index contributed by atoms with van der Waals surface area (Å²) in [7, 11) is -1.69. The molecule has 0 spiro atoms. The Hall–Kier alpha value is -3.00. The Balaban J connectivity index is 1.90. The highest BCUT2D eigenvalue weighted by atomic mass is 32.2. The van der Waals surface area contributed by atoms with E-state index in [1.165, 1.54) is 25.4 Å². The number of halogens is 2. The van der Waals surface area contributed by atoms with E-state index < -0.39 is 40.9 Å². The van der Waals surface area contributed by atoms with Gasteiger partial charge in [0.1, 0.15) is 17.7 Å². The van der Waals surface area contributed by atoms with E-state index >= 15 is 0 Å². The molecule has 3 rings (SSSR count). The molecular formula is C20H27F2N5O6S. The van der Waals surface area contributed by atoms with Gasteiger partial charge in [-0.15, -0.1) is 0 Å². The van der Waals surface area contributed by atoms with Gasteiger partial charge in [-0.3, -0.25) is 0 Å². The highest BCUT2D eigenvalue weighted by Gasteiger charge is 2.42. The van der Waals surface area contributed by atoms with Crippen LogP contribution < -0.4 is 19.1 Å². The van der Waals surface area contributed by atoms with E-state index in [9.17, 15) is 22.0 Å². The number of hydrogen-bond donors (Lipinski definition) is 1. The predicted molar refractivity (Wildman–Crippen MR) is 120 cm³/mol. The lowest BCUT2D eigenvalue weighted by molar-refractivity contribution is 0.0000949. The molecule has 11 nitrogen and oxygen atoms in total. The quantitative estimate of drug-likeness (QED) is 0.654. The van der Waals surface area contributed by atoms with Crippen LogP contribution in [0.4, 0.5) is 19.4 Å². The fourth-order valence-corrected chi connectivity index (χ4v) is 4.52. The first-order chi connectivity index (χ1) is 15.7. The lowest BCUT2D eigenvalue weighted by Gasteiger charge is -2.25. The van der Waals surface area contributed by atoms with Crippen LogP contribution in [0.25, 0.3) is 10.9 Å². The average Bonchev–Trinajstić information content (AvgIpc) is 2.88. The van der Waals surface area contributed by atoms with Gasteiger partial charge in [-0.05, 0) is 26.8 Å². The van der Waals surface area contributed by atoms with Gasteiger partial charge in [0.15, 0.2) is 11.5 Å². The maximum Gasteiger partial charge on any atom is 0.422 e. The molecule has 0 radical (unpaired) electrons. The molecule has 1 aromatic carbocycles. The molecule has 1 N–H and O–H groups in total. The van der Waals surface area contributed by atoms with Crippen molar-refractivity contribution in [3.05, 3.63) is 18.5 Å². The second-order valence-corrected chi connectivity index (χ2v) is 10.3. The first-order valence-electron chi connectivity index (χ1n) is 10.2. The van der Waals surface area contributed by atoms with Gasteiger partial charge in [0.25, 0.3) is 5.92 Å². The second-order valence-electron chi connectivity index (χ2n) is 8.64. The van der Waals surface area contributed by atoms with Crippen LogP contribution in [0.5, 0.6) is 11.5 Å². The SMILES string of the molecule is COc1cc2ncnc(N3CCN(S(=O)(=O)NC(=O)OC(C)(C)C)CC(F)(F)C3)c2cc1OC. The number of fused-ring (bicyclic) bond motifs is 1. The number of ether oxygens (including phenoxy) is 3. The third kappa shape index (κ3) is 5.91. The number of nitrogens with zero attached hydrogens (tertiary/aromatic N) is 4. The Kier molecular flexibility index (Phi) is 7.03. The smallest absolute Gasteiger partial charge is 0.422 e. The fourth-order valence-electron chi connectivity index (χ4n) is 3.45. The van der Waals surface area contributed by atoms with Crippen LogP contribution >= 0.6 is 0 Å². The minimum atomic E-state index is -4.58. The first-order valence-corrected chi connectivity index (χ1v) is 11.7. The van der Waals surface area contributed by atoms with Crippen molar-refractivity contribution in [1.29, 1.82) is 0 Å². The summed E-state index contributed by atoms with van der Waals surface area (Å²) in [6.07, 6.45) is -0.0229. The number of alkyl halides is 2. The van der Waals surface area contributed by atoms with E-state index in [0.29, 0.717) is 26.7 Å². The minimum absolute atomic E-state index is 0.120. The Bertz CT molecular complexity index is 1170. The lowest BCUT2D eigenvalue weighted by Crippen LogP contribution is -2.49. The molecule has 188 valence electrons. The van der Waals surface area contributed by atoms with E-state index in [2.05, 4.69) is 9.97 Å². The number of carbonyl (C=O) groups is 1. The molecule has 0 atom stereocenters. The van der Waals surface area contributed by atoms with Crippen LogP contribution in [-0.4, -0.2) is 80.7 Å². The predicted octanol–water partition coefficient (Wildman–Crippen LogP) is 2.17. The van der Waals surface area contributed by atoms with E-state index in [1.807, 2.05) is 0 Å². The van der Waals surface area contributed by atoms with Gasteiger partial charge in [0, 0.05) is 24.5 Å². The Morgan fingerprint density at radius 2 is 1.74 bits per heavy atom. The number of aromatic nitrogens is 2. The van der Waals surface area contributed by atoms with Crippen LogP contribution in [0.2, 0.25) is 0 Å². The molecule has 0 saturated carbocycles. The van der Waals surface area contributed by atoms with E-state index in [0.717, 1.165) is 0 Å². The molecule has 1 aliphatic heterocycles. The second kappa shape index (κ2) is 9.33. The number of anilines is 1. The first kappa shape index (κ1) is 25.6. The normalized spacial score (nSPS) is 17.2. The monoisotopic (exact) mass is 503 g/mol. The molecule has 0 unspecified atom stereocenters. The summed E-state index contributed by atoms with van der Waals surface area (Å²) in [5.41, 5.74) is -0.525. The van der Waals surface area contributed by atoms with Gasteiger partial charge in [0.2, 0.25) is 0 Å². The number of methoxy groups -OCH3 is 2. The largest absolute Gasteiger partial charge is 0.493 e. The number of rotatable bonds is 5. The van der Waals surface area contributed by atoms with Crippen molar-refractivity contribution >= 4 is 33.0 Å². The summed E-state index contributed by atoms with van der Waals surface area (Å²) in [4.78, 5) is 21.5. The summed E-state index contributed by atoms with van der Waals surface area (Å²) in [5.74, 6) is -2.50. The summed E-state index contributed by atoms with van der Waals surface area (Å²) in [6, 6.07) is 3.17. The van der Waals surface area contributed by atoms with Crippen LogP contribution in [0.3, 0.4) is 0 Å². The Morgan fingerprint density at radius 1 is 1.09 bits per heavy atom. The van der Waals surface area contributed by atoms with Gasteiger partial charge in [-0.25, -0.2) is 28.3 Å². The van der Waals surface area contributed by atoms with E-state index in [-0.39, 0.29) is 18.9 Å². The van der Waals surface area contributed by atoms with Gasteiger partial charge in [-0.1, -0.05) is 0 Å². The van der Waals surface area contributed by atoms with E-state index in [1.54, 1.807) is 37.6 Å². The summed E-state index contributed by atoms with van der Waals surface area (Å²) in [6.45, 7) is 2.28. The van der Waals surface area contributed by atoms with Crippen molar-refractivity contribution < 1.29 is 36.2 Å². The molecule has 1 fully saturated rings. The standard InChI is InChI=1S/C20H27F2N5O6S/c1-19(2,3)33-18(28)25-34(29,30)27-7-6-26(10-20(21,22)11-27)17-13-8-15(31-4)16(32-5)9-14(13)23-12-24-17/h8-9,12H,6-7,10-11H2,1-5H3,(H,25,28). The molecule has 1 aliphatic rings. The van der Waals surface area contributed by atoms with Gasteiger partial charge in [-0.2, -0.15) is 12.7 Å². The van der Waals surface area contributed by atoms with E-state index in [4.69, 9.17) is 14.2 Å². The van der Waals surface area contributed by atoms with Crippen molar-refractivity contribution in [3.63, 3.8) is 0 Å². The van der Waals surface area contributed by atoms with Crippen molar-refractivity contribution in [1.82, 2.24) is 19.0 Å². The van der Waals surface area contributed by atoms with Gasteiger partial charge >= 0.3 is 16.3 Å². The molecular weight excluding hydrogens is 476 g/mol. The van der Waals surface area contributed by atoms with Crippen molar-refractivity contribution in [2.24, 2.45) is 0 Å². The van der Waals surface area contributed by atoms with Gasteiger partial charge in [0.05, 0.1) is 32.8 Å². The molecule has 2 heterocycles. The molecule has 0 aliphatic carbocycles. The molecule has 0 bridgehead atoms. The van der Waals surface area contributed by atoms with Crippen LogP contribution in [0.15, 0.2) is 18.5 Å². The maximum absolute atomic E-state index is 14.9. The van der Waals surface area contributed by atoms with Crippen LogP contribution in [-0.2, 0) is 14.9 Å². The topological polar surface area (TPSA) is 123 Å². The minimum Gasteiger partial charge on any atom is -0.493 e. The number of amides is 1. The molecule has 2 aromatic rings. The molecule has 34 heavy (non-hydrogen) atoms. The number of benzene rings is 1. The number of hydrogen-bond acceptors (Lipinski definition) is 9.